The molecular weight excluding hydrogens is 206 g/mol. The lowest BCUT2D eigenvalue weighted by Crippen LogP contribution is -2.38. The van der Waals surface area contributed by atoms with E-state index in [1.165, 1.54) is 17.0 Å². The predicted octanol–water partition coefficient (Wildman–Crippen LogP) is 1.36. The molecule has 3 N–H and O–H groups in total. The van der Waals surface area contributed by atoms with E-state index in [2.05, 4.69) is 0 Å². The Bertz CT molecular complexity index is 408. The van der Waals surface area contributed by atoms with Gasteiger partial charge in [-0.25, -0.2) is 4.79 Å². The molecule has 5 heteroatoms. The number of hydrogen-bond acceptors (Lipinski definition) is 3. The molecule has 0 saturated carbocycles. The van der Waals surface area contributed by atoms with E-state index in [9.17, 15) is 4.79 Å². The number of phenols is 1. The third-order valence-corrected chi connectivity index (χ3v) is 2.27. The smallest absolute Gasteiger partial charge is 0.316 e. The van der Waals surface area contributed by atoms with Gasteiger partial charge in [-0.15, -0.1) is 0 Å². The molecule has 16 heavy (non-hydrogen) atoms. The van der Waals surface area contributed by atoms with Crippen LogP contribution in [-0.2, 0) is 0 Å². The summed E-state index contributed by atoms with van der Waals surface area (Å²) in [4.78, 5) is 12.4. The molecule has 1 aromatic rings. The minimum atomic E-state index is -0.719. The zero-order valence-electron chi connectivity index (χ0n) is 8.92. The second-order valence-corrected chi connectivity index (χ2v) is 3.25. The number of aromatic hydroxyl groups is 1. The Morgan fingerprint density at radius 2 is 2.12 bits per heavy atom. The number of amides is 2. The van der Waals surface area contributed by atoms with E-state index in [1.54, 1.807) is 19.1 Å². The Labute approximate surface area is 93.7 Å². The molecule has 1 aromatic carbocycles. The summed E-state index contributed by atoms with van der Waals surface area (Å²) in [6, 6.07) is 6.78. The summed E-state index contributed by atoms with van der Waals surface area (Å²) >= 11 is 0. The standard InChI is InChI=1S/C11H13N3O2/c1-2-14(11(13)16)10(7-12)8-3-5-9(15)6-4-8/h3-6,10,15H,2H2,1H3,(H2,13,16). The number of rotatable bonds is 3. The lowest BCUT2D eigenvalue weighted by molar-refractivity contribution is 0.200. The fourth-order valence-electron chi connectivity index (χ4n) is 1.45. The van der Waals surface area contributed by atoms with Gasteiger partial charge in [0.15, 0.2) is 0 Å². The predicted molar refractivity (Wildman–Crippen MR) is 58.4 cm³/mol. The summed E-state index contributed by atoms with van der Waals surface area (Å²) in [5.74, 6) is 0.113. The van der Waals surface area contributed by atoms with Crippen molar-refractivity contribution < 1.29 is 9.90 Å². The number of urea groups is 1. The third-order valence-electron chi connectivity index (χ3n) is 2.27. The molecule has 0 aliphatic rings. The van der Waals surface area contributed by atoms with E-state index in [4.69, 9.17) is 16.1 Å². The Morgan fingerprint density at radius 1 is 1.56 bits per heavy atom. The second-order valence-electron chi connectivity index (χ2n) is 3.25. The number of carbonyl (C=O) groups excluding carboxylic acids is 1. The van der Waals surface area contributed by atoms with Crippen molar-refractivity contribution in [2.24, 2.45) is 5.73 Å². The molecule has 1 atom stereocenters. The van der Waals surface area contributed by atoms with Gasteiger partial charge in [-0.3, -0.25) is 0 Å². The summed E-state index contributed by atoms with van der Waals surface area (Å²) in [5, 5.41) is 18.2. The van der Waals surface area contributed by atoms with E-state index in [0.717, 1.165) is 0 Å². The SMILES string of the molecule is CCN(C(N)=O)C(C#N)c1ccc(O)cc1. The van der Waals surface area contributed by atoms with Crippen LogP contribution >= 0.6 is 0 Å². The minimum Gasteiger partial charge on any atom is -0.508 e. The van der Waals surface area contributed by atoms with Gasteiger partial charge in [-0.2, -0.15) is 5.26 Å². The van der Waals surface area contributed by atoms with Crippen LogP contribution < -0.4 is 5.73 Å². The molecule has 0 saturated heterocycles. The van der Waals surface area contributed by atoms with Crippen LogP contribution in [0.15, 0.2) is 24.3 Å². The largest absolute Gasteiger partial charge is 0.508 e. The van der Waals surface area contributed by atoms with Crippen LogP contribution in [0.1, 0.15) is 18.5 Å². The maximum absolute atomic E-state index is 11.1. The lowest BCUT2D eigenvalue weighted by atomic mass is 10.1. The first-order valence-electron chi connectivity index (χ1n) is 4.84. The molecule has 0 spiro atoms. The topological polar surface area (TPSA) is 90.4 Å². The summed E-state index contributed by atoms with van der Waals surface area (Å²) in [6.07, 6.45) is 0. The van der Waals surface area contributed by atoms with Gasteiger partial charge >= 0.3 is 6.03 Å². The third kappa shape index (κ3) is 2.42. The monoisotopic (exact) mass is 219 g/mol. The Morgan fingerprint density at radius 3 is 2.50 bits per heavy atom. The molecule has 5 nitrogen and oxygen atoms in total. The molecule has 0 heterocycles. The maximum atomic E-state index is 11.1. The summed E-state index contributed by atoms with van der Waals surface area (Å²) in [5.41, 5.74) is 5.80. The zero-order chi connectivity index (χ0) is 12.1. The molecular formula is C11H13N3O2. The van der Waals surface area contributed by atoms with Crippen LogP contribution in [-0.4, -0.2) is 22.6 Å². The molecule has 0 radical (unpaired) electrons. The van der Waals surface area contributed by atoms with Crippen molar-refractivity contribution in [3.63, 3.8) is 0 Å². The average Bonchev–Trinajstić information content (AvgIpc) is 2.26. The van der Waals surface area contributed by atoms with Gasteiger partial charge in [-0.05, 0) is 24.6 Å². The Hall–Kier alpha value is -2.22. The molecule has 1 rings (SSSR count). The van der Waals surface area contributed by atoms with Crippen molar-refractivity contribution >= 4 is 6.03 Å². The molecule has 0 aliphatic heterocycles. The van der Waals surface area contributed by atoms with Crippen LogP contribution in [0.3, 0.4) is 0 Å². The first-order chi connectivity index (χ1) is 7.60. The van der Waals surface area contributed by atoms with E-state index in [1.807, 2.05) is 6.07 Å². The quantitative estimate of drug-likeness (QED) is 0.804. The first-order valence-corrected chi connectivity index (χ1v) is 4.84. The van der Waals surface area contributed by atoms with E-state index >= 15 is 0 Å². The molecule has 0 fully saturated rings. The van der Waals surface area contributed by atoms with Gasteiger partial charge in [0, 0.05) is 6.54 Å². The van der Waals surface area contributed by atoms with Gasteiger partial charge in [0.2, 0.25) is 0 Å². The summed E-state index contributed by atoms with van der Waals surface area (Å²) in [6.45, 7) is 2.10. The number of nitrogens with two attached hydrogens (primary N) is 1. The highest BCUT2D eigenvalue weighted by molar-refractivity contribution is 5.73. The number of nitriles is 1. The van der Waals surface area contributed by atoms with Crippen LogP contribution in [0.4, 0.5) is 4.79 Å². The highest BCUT2D eigenvalue weighted by Gasteiger charge is 2.21. The van der Waals surface area contributed by atoms with Gasteiger partial charge < -0.3 is 15.7 Å². The number of hydrogen-bond donors (Lipinski definition) is 2. The van der Waals surface area contributed by atoms with E-state index in [-0.39, 0.29) is 5.75 Å². The molecule has 0 aliphatic carbocycles. The fraction of sp³-hybridized carbons (Fsp3) is 0.273. The van der Waals surface area contributed by atoms with Crippen LogP contribution in [0.2, 0.25) is 0 Å². The molecule has 2 amide bonds. The van der Waals surface area contributed by atoms with Crippen LogP contribution in [0.25, 0.3) is 0 Å². The van der Waals surface area contributed by atoms with Gasteiger partial charge in [0.25, 0.3) is 0 Å². The average molecular weight is 219 g/mol. The van der Waals surface area contributed by atoms with Crippen molar-refractivity contribution in [3.8, 4) is 11.8 Å². The normalized spacial score (nSPS) is 11.5. The highest BCUT2D eigenvalue weighted by atomic mass is 16.3. The summed E-state index contributed by atoms with van der Waals surface area (Å²) in [7, 11) is 0. The molecule has 84 valence electrons. The van der Waals surface area contributed by atoms with Crippen molar-refractivity contribution in [3.05, 3.63) is 29.8 Å². The highest BCUT2D eigenvalue weighted by Crippen LogP contribution is 2.21. The first kappa shape index (κ1) is 11.9. The number of primary amides is 1. The van der Waals surface area contributed by atoms with Crippen LogP contribution in [0.5, 0.6) is 5.75 Å². The van der Waals surface area contributed by atoms with Gasteiger partial charge in [0.05, 0.1) is 6.07 Å². The molecule has 0 aromatic heterocycles. The maximum Gasteiger partial charge on any atom is 0.316 e. The minimum absolute atomic E-state index is 0.113. The number of phenolic OH excluding ortho intramolecular Hbond substituents is 1. The van der Waals surface area contributed by atoms with Gasteiger partial charge in [-0.1, -0.05) is 12.1 Å². The van der Waals surface area contributed by atoms with Crippen molar-refractivity contribution in [2.75, 3.05) is 6.54 Å². The van der Waals surface area contributed by atoms with Crippen molar-refractivity contribution in [2.45, 2.75) is 13.0 Å². The van der Waals surface area contributed by atoms with Gasteiger partial charge in [0.1, 0.15) is 11.8 Å². The fourth-order valence-corrected chi connectivity index (χ4v) is 1.45. The van der Waals surface area contributed by atoms with E-state index in [0.29, 0.717) is 12.1 Å². The lowest BCUT2D eigenvalue weighted by Gasteiger charge is -2.24. The van der Waals surface area contributed by atoms with E-state index < -0.39 is 12.1 Å². The van der Waals surface area contributed by atoms with Crippen molar-refractivity contribution in [1.29, 1.82) is 5.26 Å². The second kappa shape index (κ2) is 5.03. The zero-order valence-corrected chi connectivity index (χ0v) is 8.92. The van der Waals surface area contributed by atoms with Crippen molar-refractivity contribution in [1.82, 2.24) is 4.90 Å². The summed E-state index contributed by atoms with van der Waals surface area (Å²) < 4.78 is 0. The molecule has 1 unspecified atom stereocenters. The number of nitrogens with zero attached hydrogens (tertiary/aromatic N) is 2. The number of carbonyl (C=O) groups is 1. The van der Waals surface area contributed by atoms with Crippen LogP contribution in [0, 0.1) is 11.3 Å². The molecule has 0 bridgehead atoms. The number of benzene rings is 1. The Balaban J connectivity index is 3.03. The Kier molecular flexibility index (Phi) is 3.72.